The van der Waals surface area contributed by atoms with Gasteiger partial charge < -0.3 is 34.5 Å². The summed E-state index contributed by atoms with van der Waals surface area (Å²) in [5.41, 5.74) is 35.8. The fraction of sp³-hybridized carbons (Fsp3) is 0.697. The van der Waals surface area contributed by atoms with Gasteiger partial charge in [-0.3, -0.25) is 0 Å². The average molecular weight is 2010 g/mol. The quantitative estimate of drug-likeness (QED) is 0.0145. The molecule has 0 saturated carbocycles. The van der Waals surface area contributed by atoms with Crippen molar-refractivity contribution in [3.05, 3.63) is 190 Å². The van der Waals surface area contributed by atoms with Crippen LogP contribution in [0, 0.1) is 37.5 Å². The molecule has 2 aliphatic heterocycles. The van der Waals surface area contributed by atoms with Gasteiger partial charge in [-0.05, 0) is 112 Å². The summed E-state index contributed by atoms with van der Waals surface area (Å²) in [6, 6.07) is 32.9. The number of Topliss-reactive ketones (excluding diaryl/α,β-unsaturated/α-hetero) is 2. The summed E-state index contributed by atoms with van der Waals surface area (Å²) in [5.74, 6) is 14.1. The molecule has 6 nitrogen and oxygen atoms in total. The Hall–Kier alpha value is -5.51. The van der Waals surface area contributed by atoms with Gasteiger partial charge in [0.15, 0.2) is 0 Å². The SMILES string of the molecule is CCCCC1=C(c2ccccc2CCC(C)=O)[N+](=[N-])C(c2ccccc2CCC(C)=O)=C1.CCCCCCCCCCCCCCCC#CCCc1ccccc1C1=CC=C(c2ccccc2CCC#CCCCCCCCCCCCCCCC)[N+]1=[N-].[CH2-]CCCCCCCCCCCCCCCCCCCCCCCC.[CH2-]CCCCCCCCCCCCCCCCCCCCCCCC.[Ni+2].[Ni]. The molecule has 0 aliphatic carbocycles. The van der Waals surface area contributed by atoms with E-state index in [-0.39, 0.29) is 44.5 Å². The van der Waals surface area contributed by atoms with E-state index in [1.54, 1.807) is 13.8 Å². The number of benzene rings is 4. The second kappa shape index (κ2) is 99.5. The van der Waals surface area contributed by atoms with Crippen molar-refractivity contribution in [3.8, 4) is 23.7 Å². The van der Waals surface area contributed by atoms with Crippen LogP contribution in [-0.4, -0.2) is 21.0 Å². The summed E-state index contributed by atoms with van der Waals surface area (Å²) >= 11 is 0. The Morgan fingerprint density at radius 3 is 0.707 bits per heavy atom. The molecule has 0 spiro atoms. The molecule has 2 aliphatic rings. The molecular formula is C132H214N4Ni2O2. The van der Waals surface area contributed by atoms with Gasteiger partial charge in [0.05, 0.1) is 0 Å². The molecule has 0 fully saturated rings. The van der Waals surface area contributed by atoms with Gasteiger partial charge in [0, 0.05) is 101 Å². The third-order valence-electron chi connectivity index (χ3n) is 28.7. The fourth-order valence-electron chi connectivity index (χ4n) is 19.8. The van der Waals surface area contributed by atoms with Crippen LogP contribution in [0.5, 0.6) is 0 Å². The van der Waals surface area contributed by atoms with E-state index in [1.807, 2.05) is 48.5 Å². The van der Waals surface area contributed by atoms with Crippen LogP contribution in [0.4, 0.5) is 0 Å². The Bertz CT molecular complexity index is 3680. The maximum atomic E-state index is 11.6. The van der Waals surface area contributed by atoms with Crippen molar-refractivity contribution < 1.29 is 52.0 Å². The number of allylic oxidation sites excluding steroid dienone is 4. The zero-order valence-electron chi connectivity index (χ0n) is 92.2. The smallest absolute Gasteiger partial charge is 0.493 e. The first kappa shape index (κ1) is 132. The first-order valence-corrected chi connectivity index (χ1v) is 59.7. The third-order valence-corrected chi connectivity index (χ3v) is 28.7. The van der Waals surface area contributed by atoms with Gasteiger partial charge in [0.25, 0.3) is 0 Å². The molecule has 0 radical (unpaired) electrons. The number of unbranched alkanes of at least 4 members (excludes halogenated alkanes) is 71. The number of rotatable bonds is 87. The molecule has 140 heavy (non-hydrogen) atoms. The number of carbonyl (C=O) groups is 2. The Kier molecular flexibility index (Phi) is 94.1. The normalized spacial score (nSPS) is 12.0. The van der Waals surface area contributed by atoms with Crippen molar-refractivity contribution in [3.63, 3.8) is 0 Å². The molecule has 0 bridgehead atoms. The topological polar surface area (TPSA) is 84.8 Å². The van der Waals surface area contributed by atoms with Gasteiger partial charge in [-0.15, -0.1) is 23.7 Å². The van der Waals surface area contributed by atoms with Gasteiger partial charge in [0.1, 0.15) is 11.6 Å². The molecular weight excluding hydrogens is 1790 g/mol. The molecule has 0 saturated heterocycles. The average Bonchev–Trinajstić information content (AvgIpc) is 1.63. The first-order chi connectivity index (χ1) is 68.0. The maximum Gasteiger partial charge on any atom is 2.00 e. The molecule has 8 heteroatoms. The van der Waals surface area contributed by atoms with Crippen LogP contribution < -0.4 is 0 Å². The van der Waals surface area contributed by atoms with Crippen molar-refractivity contribution in [1.29, 1.82) is 0 Å². The van der Waals surface area contributed by atoms with Gasteiger partial charge in [-0.1, -0.05) is 550 Å². The number of ketones is 2. The van der Waals surface area contributed by atoms with E-state index in [1.165, 1.54) is 470 Å². The van der Waals surface area contributed by atoms with Crippen molar-refractivity contribution in [2.45, 2.75) is 594 Å². The molecule has 794 valence electrons. The van der Waals surface area contributed by atoms with E-state index in [0.717, 1.165) is 132 Å². The van der Waals surface area contributed by atoms with Crippen molar-refractivity contribution in [2.24, 2.45) is 0 Å². The van der Waals surface area contributed by atoms with Crippen LogP contribution >= 0.6 is 0 Å². The number of nitrogens with zero attached hydrogens (tertiary/aromatic N) is 4. The minimum absolute atomic E-state index is 0. The summed E-state index contributed by atoms with van der Waals surface area (Å²) in [6.45, 7) is 22.4. The summed E-state index contributed by atoms with van der Waals surface area (Å²) in [4.78, 5) is 23.2. The van der Waals surface area contributed by atoms with Gasteiger partial charge >= 0.3 is 16.5 Å². The molecule has 4 aromatic rings. The number of hydrogen-bond acceptors (Lipinski definition) is 2. The predicted molar refractivity (Wildman–Crippen MR) is 609 cm³/mol. The largest absolute Gasteiger partial charge is 2.00 e. The van der Waals surface area contributed by atoms with E-state index in [4.69, 9.17) is 0 Å². The summed E-state index contributed by atoms with van der Waals surface area (Å²) in [5, 5.41) is 0. The van der Waals surface area contributed by atoms with Gasteiger partial charge in [0.2, 0.25) is 22.8 Å². The summed E-state index contributed by atoms with van der Waals surface area (Å²) in [7, 11) is 0. The molecule has 0 aromatic heterocycles. The van der Waals surface area contributed by atoms with Gasteiger partial charge in [-0.25, -0.2) is 9.39 Å². The number of carbonyl (C=O) groups excluding carboxylic acids is 2. The van der Waals surface area contributed by atoms with Crippen LogP contribution in [0.2, 0.25) is 0 Å². The first-order valence-electron chi connectivity index (χ1n) is 59.7. The Balaban J connectivity index is 0.000000996. The van der Waals surface area contributed by atoms with E-state index in [9.17, 15) is 20.7 Å². The van der Waals surface area contributed by atoms with Crippen molar-refractivity contribution >= 4 is 34.4 Å². The Morgan fingerprint density at radius 2 is 0.457 bits per heavy atom. The Labute approximate surface area is 888 Å². The Morgan fingerprint density at radius 1 is 0.250 bits per heavy atom. The molecule has 0 amide bonds. The zero-order chi connectivity index (χ0) is 99.2. The van der Waals surface area contributed by atoms with E-state index >= 15 is 0 Å². The minimum atomic E-state index is 0. The number of aryl methyl sites for hydroxylation is 4. The predicted octanol–water partition coefficient (Wildman–Crippen LogP) is 43.3. The van der Waals surface area contributed by atoms with Crippen LogP contribution in [0.15, 0.2) is 121 Å². The second-order valence-corrected chi connectivity index (χ2v) is 41.5. The fourth-order valence-corrected chi connectivity index (χ4v) is 19.8. The molecule has 2 heterocycles. The van der Waals surface area contributed by atoms with Crippen molar-refractivity contribution in [1.82, 2.24) is 0 Å². The van der Waals surface area contributed by atoms with Crippen LogP contribution in [0.1, 0.15) is 613 Å². The molecule has 0 N–H and O–H groups in total. The molecule has 4 aromatic carbocycles. The van der Waals surface area contributed by atoms with E-state index < -0.39 is 0 Å². The third kappa shape index (κ3) is 71.1. The summed E-state index contributed by atoms with van der Waals surface area (Å²) < 4.78 is 2.70. The van der Waals surface area contributed by atoms with E-state index in [0.29, 0.717) is 25.7 Å². The summed E-state index contributed by atoms with van der Waals surface area (Å²) in [6.07, 6.45) is 119. The number of hydrogen-bond donors (Lipinski definition) is 0. The monoisotopic (exact) mass is 2000 g/mol. The molecule has 0 atom stereocenters. The maximum absolute atomic E-state index is 11.6. The zero-order valence-corrected chi connectivity index (χ0v) is 94.2. The van der Waals surface area contributed by atoms with Crippen molar-refractivity contribution in [2.75, 3.05) is 0 Å². The minimum Gasteiger partial charge on any atom is -0.493 e. The van der Waals surface area contributed by atoms with E-state index in [2.05, 4.69) is 139 Å². The molecule has 6 rings (SSSR count). The molecule has 0 unspecified atom stereocenters. The van der Waals surface area contributed by atoms with Crippen LogP contribution in [0.25, 0.3) is 33.9 Å². The van der Waals surface area contributed by atoms with Crippen LogP contribution in [0.3, 0.4) is 0 Å². The van der Waals surface area contributed by atoms with Gasteiger partial charge in [-0.2, -0.15) is 12.8 Å². The van der Waals surface area contributed by atoms with Crippen LogP contribution in [-0.2, 0) is 68.3 Å². The second-order valence-electron chi connectivity index (χ2n) is 41.5. The standard InChI is InChI=1S/C54H80N2.C28H32N2O2.2C25H51.2Ni/c1-3-5-7-9-11-13-15-17-19-21-23-25-27-29-31-33-35-41-49-43-37-39-45-51(49)53-47-48-54(56(53)55)52-46-40-38-44-50(52)42-36-34-32-30-28-26-24-22-20-18-16-14-12-10-8-6-4-2;1-4-5-10-24-19-27(25-13-8-6-11-22(25)17-15-20(2)31)30(29)28(24)26-14-9-7-12-23(26)18-16-21(3)32;2*1-3-5-7-9-11-13-15-17-19-21-23-25-24-22-20-18-16-14-12-10-8-6-4-2;;/h37-40,43-48H,3-30,35-36,41-42H2,1-2H3;6-9,11-14,19H,4-5,10,15-18H2,1-3H3;2*1,3-25H2,2H3;;/q;;2*-1;;+2.